The molecular weight excluding hydrogens is 318 g/mol. The van der Waals surface area contributed by atoms with Crippen LogP contribution in [0.4, 0.5) is 0 Å². The predicted molar refractivity (Wildman–Crippen MR) is 94.5 cm³/mol. The maximum Gasteiger partial charge on any atom is 0.287 e. The van der Waals surface area contributed by atoms with Gasteiger partial charge in [0.15, 0.2) is 5.82 Å². The minimum atomic E-state index is -0.462. The highest BCUT2D eigenvalue weighted by Gasteiger charge is 2.17. The molecule has 0 aliphatic rings. The molecule has 124 valence electrons. The van der Waals surface area contributed by atoms with E-state index in [1.165, 1.54) is 0 Å². The highest BCUT2D eigenvalue weighted by atomic mass is 16.3. The Morgan fingerprint density at radius 1 is 1.16 bits per heavy atom. The van der Waals surface area contributed by atoms with Gasteiger partial charge in [0.2, 0.25) is 0 Å². The molecule has 6 heteroatoms. The van der Waals surface area contributed by atoms with Crippen LogP contribution in [0, 0.1) is 0 Å². The number of para-hydroxylation sites is 2. The van der Waals surface area contributed by atoms with E-state index in [1.807, 2.05) is 37.3 Å². The Morgan fingerprint density at radius 3 is 2.76 bits per heavy atom. The van der Waals surface area contributed by atoms with Crippen molar-refractivity contribution in [3.05, 3.63) is 76.5 Å². The van der Waals surface area contributed by atoms with Gasteiger partial charge in [-0.3, -0.25) is 9.59 Å². The van der Waals surface area contributed by atoms with E-state index in [9.17, 15) is 9.59 Å². The lowest BCUT2D eigenvalue weighted by Gasteiger charge is -2.11. The first-order valence-corrected chi connectivity index (χ1v) is 7.90. The summed E-state index contributed by atoms with van der Waals surface area (Å²) in [6, 6.07) is 16.0. The van der Waals surface area contributed by atoms with E-state index in [0.717, 1.165) is 11.0 Å². The van der Waals surface area contributed by atoms with E-state index >= 15 is 0 Å². The standard InChI is InChI=1S/C19H15N3O3/c1-11(16-10-12-6-2-5-9-15(12)25-16)20-19(24)17-21-14-8-4-3-7-13(14)18(23)22-17/h2-11H,1H3,(H,20,24)(H,21,22,23)/t11-/m0/s1. The van der Waals surface area contributed by atoms with Gasteiger partial charge in [-0.15, -0.1) is 0 Å². The zero-order chi connectivity index (χ0) is 17.4. The number of fused-ring (bicyclic) bond motifs is 2. The number of hydrogen-bond donors (Lipinski definition) is 2. The van der Waals surface area contributed by atoms with Gasteiger partial charge in [-0.2, -0.15) is 0 Å². The zero-order valence-electron chi connectivity index (χ0n) is 13.4. The molecule has 1 atom stereocenters. The van der Waals surface area contributed by atoms with E-state index in [0.29, 0.717) is 16.7 Å². The number of rotatable bonds is 3. The van der Waals surface area contributed by atoms with E-state index < -0.39 is 5.91 Å². The molecule has 0 aliphatic heterocycles. The number of carbonyl (C=O) groups excluding carboxylic acids is 1. The number of nitrogens with one attached hydrogen (secondary N) is 2. The number of hydrogen-bond acceptors (Lipinski definition) is 4. The Morgan fingerprint density at radius 2 is 1.92 bits per heavy atom. The summed E-state index contributed by atoms with van der Waals surface area (Å²) in [5, 5.41) is 4.22. The molecule has 0 bridgehead atoms. The van der Waals surface area contributed by atoms with Crippen molar-refractivity contribution in [1.29, 1.82) is 0 Å². The Kier molecular flexibility index (Phi) is 3.57. The normalized spacial score (nSPS) is 12.4. The van der Waals surface area contributed by atoms with Crippen LogP contribution >= 0.6 is 0 Å². The van der Waals surface area contributed by atoms with Gasteiger partial charge in [-0.1, -0.05) is 30.3 Å². The van der Waals surface area contributed by atoms with Gasteiger partial charge in [0, 0.05) is 5.39 Å². The second-order valence-corrected chi connectivity index (χ2v) is 5.81. The number of benzene rings is 2. The molecule has 0 saturated carbocycles. The summed E-state index contributed by atoms with van der Waals surface area (Å²) in [5.41, 5.74) is 0.899. The summed E-state index contributed by atoms with van der Waals surface area (Å²) in [7, 11) is 0. The number of aromatic amines is 1. The molecular formula is C19H15N3O3. The molecule has 1 amide bonds. The number of aromatic nitrogens is 2. The average Bonchev–Trinajstić information content (AvgIpc) is 3.06. The average molecular weight is 333 g/mol. The largest absolute Gasteiger partial charge is 0.459 e. The smallest absolute Gasteiger partial charge is 0.287 e. The molecule has 0 saturated heterocycles. The molecule has 2 N–H and O–H groups in total. The highest BCUT2D eigenvalue weighted by Crippen LogP contribution is 2.23. The lowest BCUT2D eigenvalue weighted by atomic mass is 10.2. The van der Waals surface area contributed by atoms with Crippen LogP contribution in [0.1, 0.15) is 29.3 Å². The van der Waals surface area contributed by atoms with Gasteiger partial charge in [-0.25, -0.2) is 4.98 Å². The van der Waals surface area contributed by atoms with Gasteiger partial charge in [0.05, 0.1) is 16.9 Å². The van der Waals surface area contributed by atoms with Gasteiger partial charge in [0.1, 0.15) is 11.3 Å². The van der Waals surface area contributed by atoms with Gasteiger partial charge in [-0.05, 0) is 31.2 Å². The van der Waals surface area contributed by atoms with Crippen LogP contribution in [0.3, 0.4) is 0 Å². The molecule has 0 aliphatic carbocycles. The van der Waals surface area contributed by atoms with Crippen LogP contribution in [-0.2, 0) is 0 Å². The maximum absolute atomic E-state index is 12.5. The van der Waals surface area contributed by atoms with E-state index in [-0.39, 0.29) is 17.4 Å². The van der Waals surface area contributed by atoms with Crippen LogP contribution in [0.25, 0.3) is 21.9 Å². The molecule has 0 unspecified atom stereocenters. The third-order valence-corrected chi connectivity index (χ3v) is 4.05. The van der Waals surface area contributed by atoms with E-state index in [1.54, 1.807) is 24.3 Å². The summed E-state index contributed by atoms with van der Waals surface area (Å²) < 4.78 is 5.75. The van der Waals surface area contributed by atoms with E-state index in [4.69, 9.17) is 4.42 Å². The van der Waals surface area contributed by atoms with Crippen LogP contribution in [0.5, 0.6) is 0 Å². The third-order valence-electron chi connectivity index (χ3n) is 4.05. The van der Waals surface area contributed by atoms with Crippen LogP contribution in [0.15, 0.2) is 63.8 Å². The van der Waals surface area contributed by atoms with Crippen LogP contribution < -0.4 is 10.9 Å². The second kappa shape index (κ2) is 5.90. The van der Waals surface area contributed by atoms with Crippen molar-refractivity contribution in [3.63, 3.8) is 0 Å². The summed E-state index contributed by atoms with van der Waals surface area (Å²) in [4.78, 5) is 31.3. The molecule has 25 heavy (non-hydrogen) atoms. The molecule has 4 aromatic rings. The fourth-order valence-electron chi connectivity index (χ4n) is 2.75. The molecule has 4 rings (SSSR count). The Labute approximate surface area is 142 Å². The first-order valence-electron chi connectivity index (χ1n) is 7.90. The number of carbonyl (C=O) groups is 1. The Hall–Kier alpha value is -3.41. The lowest BCUT2D eigenvalue weighted by Crippen LogP contribution is -2.30. The molecule has 0 radical (unpaired) electrons. The number of nitrogens with zero attached hydrogens (tertiary/aromatic N) is 1. The SMILES string of the molecule is C[C@H](NC(=O)c1nc2ccccc2c(=O)[nH]1)c1cc2ccccc2o1. The van der Waals surface area contributed by atoms with Crippen molar-refractivity contribution in [2.45, 2.75) is 13.0 Å². The van der Waals surface area contributed by atoms with Gasteiger partial charge < -0.3 is 14.7 Å². The minimum Gasteiger partial charge on any atom is -0.459 e. The fourth-order valence-corrected chi connectivity index (χ4v) is 2.75. The van der Waals surface area contributed by atoms with Crippen molar-refractivity contribution in [2.24, 2.45) is 0 Å². The summed E-state index contributed by atoms with van der Waals surface area (Å²) >= 11 is 0. The predicted octanol–water partition coefficient (Wildman–Crippen LogP) is 3.16. The molecule has 0 fully saturated rings. The molecule has 2 aromatic carbocycles. The number of H-pyrrole nitrogens is 1. The Balaban J connectivity index is 1.62. The topological polar surface area (TPSA) is 88.0 Å². The van der Waals surface area contributed by atoms with Crippen molar-refractivity contribution in [2.75, 3.05) is 0 Å². The molecule has 2 heterocycles. The quantitative estimate of drug-likeness (QED) is 0.603. The fraction of sp³-hybridized carbons (Fsp3) is 0.105. The summed E-state index contributed by atoms with van der Waals surface area (Å²) in [5.74, 6) is 0.153. The van der Waals surface area contributed by atoms with E-state index in [2.05, 4.69) is 15.3 Å². The molecule has 6 nitrogen and oxygen atoms in total. The first kappa shape index (κ1) is 15.1. The van der Waals surface area contributed by atoms with Crippen molar-refractivity contribution in [3.8, 4) is 0 Å². The first-order chi connectivity index (χ1) is 12.1. The lowest BCUT2D eigenvalue weighted by molar-refractivity contribution is 0.0925. The van der Waals surface area contributed by atoms with Crippen LogP contribution in [-0.4, -0.2) is 15.9 Å². The second-order valence-electron chi connectivity index (χ2n) is 5.81. The third kappa shape index (κ3) is 2.78. The highest BCUT2D eigenvalue weighted by molar-refractivity contribution is 5.92. The van der Waals surface area contributed by atoms with Crippen molar-refractivity contribution < 1.29 is 9.21 Å². The molecule has 0 spiro atoms. The number of amides is 1. The van der Waals surface area contributed by atoms with Crippen LogP contribution in [0.2, 0.25) is 0 Å². The maximum atomic E-state index is 12.5. The Bertz CT molecular complexity index is 1110. The summed E-state index contributed by atoms with van der Waals surface area (Å²) in [6.45, 7) is 1.81. The monoisotopic (exact) mass is 333 g/mol. The van der Waals surface area contributed by atoms with Crippen molar-refractivity contribution in [1.82, 2.24) is 15.3 Å². The summed E-state index contributed by atoms with van der Waals surface area (Å²) in [6.07, 6.45) is 0. The number of furan rings is 1. The minimum absolute atomic E-state index is 0.0216. The molecule has 2 aromatic heterocycles. The van der Waals surface area contributed by atoms with Gasteiger partial charge in [0.25, 0.3) is 11.5 Å². The zero-order valence-corrected chi connectivity index (χ0v) is 13.4. The van der Waals surface area contributed by atoms with Gasteiger partial charge >= 0.3 is 0 Å². The van der Waals surface area contributed by atoms with Crippen molar-refractivity contribution >= 4 is 27.8 Å².